The van der Waals surface area contributed by atoms with E-state index in [1.807, 2.05) is 23.9 Å². The summed E-state index contributed by atoms with van der Waals surface area (Å²) < 4.78 is 10.7. The highest BCUT2D eigenvalue weighted by Crippen LogP contribution is 2.01. The smallest absolute Gasteiger partial charge is 0.190 e. The van der Waals surface area contributed by atoms with Gasteiger partial charge in [0, 0.05) is 26.7 Å². The molecule has 0 spiro atoms. The van der Waals surface area contributed by atoms with Crippen molar-refractivity contribution >= 4 is 41.7 Å². The fraction of sp³-hybridized carbons (Fsp3) is 0.667. The lowest BCUT2D eigenvalue weighted by Gasteiger charge is -2.11. The molecule has 0 atom stereocenters. The first-order chi connectivity index (χ1) is 10.4. The Kier molecular flexibility index (Phi) is 15.2. The van der Waals surface area contributed by atoms with Gasteiger partial charge in [0.15, 0.2) is 5.96 Å². The van der Waals surface area contributed by atoms with E-state index in [0.29, 0.717) is 13.2 Å². The summed E-state index contributed by atoms with van der Waals surface area (Å²) in [7, 11) is 1.80. The van der Waals surface area contributed by atoms with Gasteiger partial charge in [-0.2, -0.15) is 11.8 Å². The number of nitrogens with one attached hydrogen (secondary N) is 2. The zero-order valence-electron chi connectivity index (χ0n) is 13.5. The topological polar surface area (TPSA) is 58.8 Å². The van der Waals surface area contributed by atoms with Crippen molar-refractivity contribution in [3.05, 3.63) is 24.2 Å². The highest BCUT2D eigenvalue weighted by Gasteiger charge is 1.98. The standard InChI is InChI=1S/C15H27N3O2S.HI/c1-16-15(17-8-3-4-12-21-2)18-9-6-10-19-13-14-7-5-11-20-14;/h5,7,11H,3-4,6,8-10,12-13H2,1-2H3,(H2,16,17,18);1H. The number of halogens is 1. The number of rotatable bonds is 11. The first kappa shape index (κ1) is 21.6. The number of hydrogen-bond donors (Lipinski definition) is 2. The second-order valence-corrected chi connectivity index (χ2v) is 5.60. The third kappa shape index (κ3) is 11.2. The van der Waals surface area contributed by atoms with Crippen molar-refractivity contribution in [2.75, 3.05) is 38.8 Å². The largest absolute Gasteiger partial charge is 0.467 e. The summed E-state index contributed by atoms with van der Waals surface area (Å²) in [6.45, 7) is 3.06. The van der Waals surface area contributed by atoms with Crippen LogP contribution >= 0.6 is 35.7 Å². The Balaban J connectivity index is 0.00000441. The van der Waals surface area contributed by atoms with Crippen LogP contribution in [0.25, 0.3) is 0 Å². The van der Waals surface area contributed by atoms with E-state index in [0.717, 1.165) is 31.2 Å². The molecule has 0 saturated heterocycles. The van der Waals surface area contributed by atoms with Gasteiger partial charge in [-0.15, -0.1) is 24.0 Å². The van der Waals surface area contributed by atoms with Gasteiger partial charge in [0.1, 0.15) is 12.4 Å². The number of hydrogen-bond acceptors (Lipinski definition) is 4. The maximum absolute atomic E-state index is 5.52. The predicted molar refractivity (Wildman–Crippen MR) is 105 cm³/mol. The molecular formula is C15H28IN3O2S. The minimum Gasteiger partial charge on any atom is -0.467 e. The molecule has 0 unspecified atom stereocenters. The molecule has 2 N–H and O–H groups in total. The summed E-state index contributed by atoms with van der Waals surface area (Å²) in [5.74, 6) is 2.96. The molecule has 0 aliphatic heterocycles. The van der Waals surface area contributed by atoms with E-state index in [1.165, 1.54) is 18.6 Å². The molecule has 0 amide bonds. The Morgan fingerprint density at radius 3 is 2.68 bits per heavy atom. The molecule has 7 heteroatoms. The first-order valence-corrected chi connectivity index (χ1v) is 8.79. The molecule has 1 aromatic rings. The van der Waals surface area contributed by atoms with E-state index in [2.05, 4.69) is 21.9 Å². The molecular weight excluding hydrogens is 413 g/mol. The van der Waals surface area contributed by atoms with Gasteiger partial charge < -0.3 is 19.8 Å². The van der Waals surface area contributed by atoms with Crippen molar-refractivity contribution in [2.24, 2.45) is 4.99 Å². The number of ether oxygens (including phenoxy) is 1. The van der Waals surface area contributed by atoms with Gasteiger partial charge in [0.05, 0.1) is 6.26 Å². The molecule has 0 saturated carbocycles. The molecule has 0 aromatic carbocycles. The number of guanidine groups is 1. The van der Waals surface area contributed by atoms with Crippen molar-refractivity contribution in [1.82, 2.24) is 10.6 Å². The summed E-state index contributed by atoms with van der Waals surface area (Å²) in [6.07, 6.45) is 7.16. The lowest BCUT2D eigenvalue weighted by atomic mass is 10.3. The van der Waals surface area contributed by atoms with Crippen LogP contribution in [0.1, 0.15) is 25.0 Å². The lowest BCUT2D eigenvalue weighted by molar-refractivity contribution is 0.105. The Morgan fingerprint density at radius 1 is 1.27 bits per heavy atom. The fourth-order valence-electron chi connectivity index (χ4n) is 1.75. The van der Waals surface area contributed by atoms with Crippen LogP contribution in [0.2, 0.25) is 0 Å². The second kappa shape index (κ2) is 15.5. The van der Waals surface area contributed by atoms with Crippen molar-refractivity contribution in [2.45, 2.75) is 25.9 Å². The normalized spacial score (nSPS) is 11.1. The fourth-order valence-corrected chi connectivity index (χ4v) is 2.24. The van der Waals surface area contributed by atoms with Gasteiger partial charge in [0.25, 0.3) is 0 Å². The van der Waals surface area contributed by atoms with Crippen LogP contribution < -0.4 is 10.6 Å². The quantitative estimate of drug-likeness (QED) is 0.239. The van der Waals surface area contributed by atoms with E-state index in [4.69, 9.17) is 9.15 Å². The number of thioether (sulfide) groups is 1. The lowest BCUT2D eigenvalue weighted by Crippen LogP contribution is -2.38. The van der Waals surface area contributed by atoms with Crippen LogP contribution in [-0.4, -0.2) is 44.7 Å². The minimum atomic E-state index is 0. The highest BCUT2D eigenvalue weighted by atomic mass is 127. The molecule has 5 nitrogen and oxygen atoms in total. The van der Waals surface area contributed by atoms with Crippen LogP contribution in [0, 0.1) is 0 Å². The number of unbranched alkanes of at least 4 members (excludes halogenated alkanes) is 1. The average molecular weight is 441 g/mol. The molecule has 0 aliphatic carbocycles. The first-order valence-electron chi connectivity index (χ1n) is 7.40. The van der Waals surface area contributed by atoms with Crippen LogP contribution in [-0.2, 0) is 11.3 Å². The van der Waals surface area contributed by atoms with E-state index in [1.54, 1.807) is 13.3 Å². The van der Waals surface area contributed by atoms with Gasteiger partial charge in [-0.05, 0) is 43.4 Å². The molecule has 0 bridgehead atoms. The van der Waals surface area contributed by atoms with E-state index < -0.39 is 0 Å². The van der Waals surface area contributed by atoms with Crippen LogP contribution in [0.4, 0.5) is 0 Å². The van der Waals surface area contributed by atoms with E-state index in [9.17, 15) is 0 Å². The third-order valence-corrected chi connectivity index (χ3v) is 3.57. The average Bonchev–Trinajstić information content (AvgIpc) is 3.01. The molecule has 1 aromatic heterocycles. The molecule has 22 heavy (non-hydrogen) atoms. The second-order valence-electron chi connectivity index (χ2n) is 4.61. The maximum atomic E-state index is 5.52. The Morgan fingerprint density at radius 2 is 2.05 bits per heavy atom. The van der Waals surface area contributed by atoms with Gasteiger partial charge in [0.2, 0.25) is 0 Å². The summed E-state index contributed by atoms with van der Waals surface area (Å²) in [5, 5.41) is 6.60. The molecule has 128 valence electrons. The van der Waals surface area contributed by atoms with Crippen LogP contribution in [0.3, 0.4) is 0 Å². The summed E-state index contributed by atoms with van der Waals surface area (Å²) in [4.78, 5) is 4.20. The van der Waals surface area contributed by atoms with Gasteiger partial charge in [-0.3, -0.25) is 4.99 Å². The maximum Gasteiger partial charge on any atom is 0.190 e. The van der Waals surface area contributed by atoms with Crippen molar-refractivity contribution < 1.29 is 9.15 Å². The zero-order valence-corrected chi connectivity index (χ0v) is 16.6. The molecule has 1 heterocycles. The summed E-state index contributed by atoms with van der Waals surface area (Å²) in [5.41, 5.74) is 0. The highest BCUT2D eigenvalue weighted by molar-refractivity contribution is 14.0. The van der Waals surface area contributed by atoms with Gasteiger partial charge in [-0.25, -0.2) is 0 Å². The summed E-state index contributed by atoms with van der Waals surface area (Å²) >= 11 is 1.89. The Labute approximate surface area is 155 Å². The Bertz CT molecular complexity index is 375. The van der Waals surface area contributed by atoms with Gasteiger partial charge in [-0.1, -0.05) is 0 Å². The Hall–Kier alpha value is -0.410. The van der Waals surface area contributed by atoms with Crippen molar-refractivity contribution in [3.8, 4) is 0 Å². The molecule has 0 radical (unpaired) electrons. The monoisotopic (exact) mass is 441 g/mol. The number of furan rings is 1. The van der Waals surface area contributed by atoms with Crippen LogP contribution in [0.15, 0.2) is 27.8 Å². The van der Waals surface area contributed by atoms with E-state index in [-0.39, 0.29) is 24.0 Å². The SMILES string of the molecule is CN=C(NCCCCSC)NCCCOCc1ccco1.I. The number of aliphatic imine (C=N–C) groups is 1. The number of nitrogens with zero attached hydrogens (tertiary/aromatic N) is 1. The zero-order chi connectivity index (χ0) is 15.2. The van der Waals surface area contributed by atoms with E-state index >= 15 is 0 Å². The van der Waals surface area contributed by atoms with Crippen molar-refractivity contribution in [3.63, 3.8) is 0 Å². The minimum absolute atomic E-state index is 0. The predicted octanol–water partition coefficient (Wildman–Crippen LogP) is 3.11. The molecule has 1 rings (SSSR count). The molecule has 0 aliphatic rings. The van der Waals surface area contributed by atoms with Crippen molar-refractivity contribution in [1.29, 1.82) is 0 Å². The van der Waals surface area contributed by atoms with Gasteiger partial charge >= 0.3 is 0 Å². The summed E-state index contributed by atoms with van der Waals surface area (Å²) in [6, 6.07) is 3.79. The molecule has 0 fully saturated rings. The third-order valence-electron chi connectivity index (χ3n) is 2.87. The van der Waals surface area contributed by atoms with Crippen LogP contribution in [0.5, 0.6) is 0 Å².